The van der Waals surface area contributed by atoms with Crippen LogP contribution >= 0.6 is 11.3 Å². The summed E-state index contributed by atoms with van der Waals surface area (Å²) in [6.45, 7) is 5.53. The molecule has 0 spiro atoms. The van der Waals surface area contributed by atoms with Gasteiger partial charge in [0.2, 0.25) is 5.91 Å². The Bertz CT molecular complexity index is 1110. The number of amides is 1. The van der Waals surface area contributed by atoms with Gasteiger partial charge in [-0.3, -0.25) is 9.59 Å². The van der Waals surface area contributed by atoms with Crippen LogP contribution in [0, 0.1) is 32.1 Å². The number of H-pyrrole nitrogens is 1. The number of carbonyl (C=O) groups is 1. The van der Waals surface area contributed by atoms with Gasteiger partial charge in [0.05, 0.1) is 10.2 Å². The molecule has 0 aliphatic heterocycles. The van der Waals surface area contributed by atoms with Crippen molar-refractivity contribution in [3.8, 4) is 6.07 Å². The van der Waals surface area contributed by atoms with Gasteiger partial charge in [-0.2, -0.15) is 5.26 Å². The fraction of sp³-hybridized carbons (Fsp3) is 0.263. The van der Waals surface area contributed by atoms with E-state index in [0.717, 1.165) is 21.3 Å². The van der Waals surface area contributed by atoms with Gasteiger partial charge in [-0.25, -0.2) is 4.98 Å². The van der Waals surface area contributed by atoms with Crippen molar-refractivity contribution in [3.05, 3.63) is 56.5 Å². The fourth-order valence-electron chi connectivity index (χ4n) is 2.93. The van der Waals surface area contributed by atoms with Crippen LogP contribution in [-0.2, 0) is 11.2 Å². The SMILES string of the molecule is Cc1ccc2nc(NC(=O)CCc3c(C)[nH]c(=O)c(C#N)c3C)sc2c1. The first-order valence-electron chi connectivity index (χ1n) is 8.18. The number of aromatic amines is 1. The number of rotatable bonds is 4. The minimum Gasteiger partial charge on any atom is -0.325 e. The van der Waals surface area contributed by atoms with E-state index in [-0.39, 0.29) is 23.5 Å². The summed E-state index contributed by atoms with van der Waals surface area (Å²) in [4.78, 5) is 31.2. The van der Waals surface area contributed by atoms with Gasteiger partial charge in [0.15, 0.2) is 5.13 Å². The Morgan fingerprint density at radius 2 is 2.12 bits per heavy atom. The molecule has 2 aromatic heterocycles. The molecular formula is C19H18N4O2S. The standard InChI is InChI=1S/C19H18N4O2S/c1-10-4-6-15-16(8-10)26-19(22-15)23-17(24)7-5-13-11(2)14(9-20)18(25)21-12(13)3/h4,6,8H,5,7H2,1-3H3,(H,21,25)(H,22,23,24). The molecule has 0 unspecified atom stereocenters. The van der Waals surface area contributed by atoms with Crippen LogP contribution in [0.2, 0.25) is 0 Å². The molecular weight excluding hydrogens is 348 g/mol. The van der Waals surface area contributed by atoms with E-state index in [9.17, 15) is 9.59 Å². The lowest BCUT2D eigenvalue weighted by atomic mass is 9.99. The van der Waals surface area contributed by atoms with Crippen LogP contribution in [0.5, 0.6) is 0 Å². The summed E-state index contributed by atoms with van der Waals surface area (Å²) in [5.41, 5.74) is 3.88. The van der Waals surface area contributed by atoms with Gasteiger partial charge < -0.3 is 10.3 Å². The zero-order valence-corrected chi connectivity index (χ0v) is 15.6. The maximum Gasteiger partial charge on any atom is 0.266 e. The molecule has 3 rings (SSSR count). The Morgan fingerprint density at radius 3 is 2.85 bits per heavy atom. The van der Waals surface area contributed by atoms with Crippen LogP contribution in [0.15, 0.2) is 23.0 Å². The first kappa shape index (κ1) is 17.8. The predicted octanol–water partition coefficient (Wildman–Crippen LogP) is 3.35. The zero-order chi connectivity index (χ0) is 18.8. The molecule has 6 nitrogen and oxygen atoms in total. The quantitative estimate of drug-likeness (QED) is 0.739. The minimum atomic E-state index is -0.388. The Kier molecular flexibility index (Phi) is 4.87. The highest BCUT2D eigenvalue weighted by Gasteiger charge is 2.14. The van der Waals surface area contributed by atoms with Crippen molar-refractivity contribution < 1.29 is 4.79 Å². The number of aromatic nitrogens is 2. The van der Waals surface area contributed by atoms with Crippen LogP contribution in [-0.4, -0.2) is 15.9 Å². The van der Waals surface area contributed by atoms with E-state index in [0.29, 0.717) is 22.8 Å². The fourth-order valence-corrected chi connectivity index (χ4v) is 3.91. The number of nitrogens with one attached hydrogen (secondary N) is 2. The average Bonchev–Trinajstić information content (AvgIpc) is 2.95. The highest BCUT2D eigenvalue weighted by Crippen LogP contribution is 2.26. The number of anilines is 1. The third kappa shape index (κ3) is 3.51. The van der Waals surface area contributed by atoms with Crippen molar-refractivity contribution >= 4 is 32.6 Å². The second-order valence-electron chi connectivity index (χ2n) is 6.21. The van der Waals surface area contributed by atoms with Gasteiger partial charge in [0, 0.05) is 12.1 Å². The van der Waals surface area contributed by atoms with Gasteiger partial charge in [-0.1, -0.05) is 17.4 Å². The lowest BCUT2D eigenvalue weighted by Gasteiger charge is -2.10. The van der Waals surface area contributed by atoms with Crippen LogP contribution in [0.25, 0.3) is 10.2 Å². The monoisotopic (exact) mass is 366 g/mol. The third-order valence-corrected chi connectivity index (χ3v) is 5.25. The van der Waals surface area contributed by atoms with Crippen LogP contribution in [0.1, 0.15) is 34.4 Å². The van der Waals surface area contributed by atoms with Crippen molar-refractivity contribution in [3.63, 3.8) is 0 Å². The molecule has 0 saturated carbocycles. The van der Waals surface area contributed by atoms with Crippen LogP contribution in [0.4, 0.5) is 5.13 Å². The van der Waals surface area contributed by atoms with E-state index in [2.05, 4.69) is 15.3 Å². The van der Waals surface area contributed by atoms with Crippen molar-refractivity contribution in [1.82, 2.24) is 9.97 Å². The summed E-state index contributed by atoms with van der Waals surface area (Å²) < 4.78 is 1.03. The van der Waals surface area contributed by atoms with Crippen molar-refractivity contribution in [2.24, 2.45) is 0 Å². The van der Waals surface area contributed by atoms with Crippen molar-refractivity contribution in [2.75, 3.05) is 5.32 Å². The third-order valence-electron chi connectivity index (χ3n) is 4.31. The summed E-state index contributed by atoms with van der Waals surface area (Å²) in [7, 11) is 0. The Hall–Kier alpha value is -2.98. The number of fused-ring (bicyclic) bond motifs is 1. The topological polar surface area (TPSA) is 98.6 Å². The number of nitriles is 1. The Balaban J connectivity index is 1.73. The van der Waals surface area contributed by atoms with Crippen LogP contribution in [0.3, 0.4) is 0 Å². The smallest absolute Gasteiger partial charge is 0.266 e. The predicted molar refractivity (Wildman–Crippen MR) is 103 cm³/mol. The summed E-state index contributed by atoms with van der Waals surface area (Å²) >= 11 is 1.44. The molecule has 0 saturated heterocycles. The molecule has 1 amide bonds. The van der Waals surface area contributed by atoms with E-state index < -0.39 is 0 Å². The summed E-state index contributed by atoms with van der Waals surface area (Å²) in [5.74, 6) is -0.149. The summed E-state index contributed by atoms with van der Waals surface area (Å²) in [6, 6.07) is 7.89. The molecule has 7 heteroatoms. The molecule has 3 aromatic rings. The van der Waals surface area contributed by atoms with Gasteiger partial charge in [-0.05, 0) is 56.0 Å². The van der Waals surface area contributed by atoms with Crippen LogP contribution < -0.4 is 10.9 Å². The Labute approximate surface area is 154 Å². The molecule has 26 heavy (non-hydrogen) atoms. The highest BCUT2D eigenvalue weighted by atomic mass is 32.1. The second-order valence-corrected chi connectivity index (χ2v) is 7.24. The molecule has 0 radical (unpaired) electrons. The first-order chi connectivity index (χ1) is 12.4. The lowest BCUT2D eigenvalue weighted by Crippen LogP contribution is -2.18. The molecule has 0 fully saturated rings. The molecule has 2 heterocycles. The summed E-state index contributed by atoms with van der Waals surface area (Å²) in [5, 5.41) is 12.5. The summed E-state index contributed by atoms with van der Waals surface area (Å²) in [6.07, 6.45) is 0.687. The maximum atomic E-state index is 12.3. The number of benzene rings is 1. The van der Waals surface area contributed by atoms with Gasteiger partial charge >= 0.3 is 0 Å². The van der Waals surface area contributed by atoms with Gasteiger partial charge in [0.1, 0.15) is 11.6 Å². The van der Waals surface area contributed by atoms with E-state index in [1.54, 1.807) is 13.8 Å². The molecule has 0 aliphatic carbocycles. The maximum absolute atomic E-state index is 12.3. The van der Waals surface area contributed by atoms with Gasteiger partial charge in [-0.15, -0.1) is 0 Å². The molecule has 0 aliphatic rings. The van der Waals surface area contributed by atoms with E-state index in [1.807, 2.05) is 31.2 Å². The molecule has 1 aromatic carbocycles. The zero-order valence-electron chi connectivity index (χ0n) is 14.8. The number of nitrogens with zero attached hydrogens (tertiary/aromatic N) is 2. The largest absolute Gasteiger partial charge is 0.325 e. The van der Waals surface area contributed by atoms with Gasteiger partial charge in [0.25, 0.3) is 5.56 Å². The minimum absolute atomic E-state index is 0.104. The van der Waals surface area contributed by atoms with E-state index in [1.165, 1.54) is 11.3 Å². The number of hydrogen-bond acceptors (Lipinski definition) is 5. The highest BCUT2D eigenvalue weighted by molar-refractivity contribution is 7.22. The second kappa shape index (κ2) is 7.10. The Morgan fingerprint density at radius 1 is 1.35 bits per heavy atom. The lowest BCUT2D eigenvalue weighted by molar-refractivity contribution is -0.116. The van der Waals surface area contributed by atoms with E-state index >= 15 is 0 Å². The molecule has 0 atom stereocenters. The number of thiazole rings is 1. The average molecular weight is 366 g/mol. The number of carbonyl (C=O) groups excluding carboxylic acids is 1. The number of hydrogen-bond donors (Lipinski definition) is 2. The number of aryl methyl sites for hydroxylation is 2. The molecule has 0 bridgehead atoms. The number of pyridine rings is 1. The van der Waals surface area contributed by atoms with Crippen molar-refractivity contribution in [1.29, 1.82) is 5.26 Å². The molecule has 2 N–H and O–H groups in total. The first-order valence-corrected chi connectivity index (χ1v) is 9.00. The van der Waals surface area contributed by atoms with Crippen molar-refractivity contribution in [2.45, 2.75) is 33.6 Å². The van der Waals surface area contributed by atoms with E-state index in [4.69, 9.17) is 5.26 Å². The normalized spacial score (nSPS) is 10.7. The molecule has 132 valence electrons.